The Morgan fingerprint density at radius 1 is 1.36 bits per heavy atom. The van der Waals surface area contributed by atoms with Gasteiger partial charge < -0.3 is 10.1 Å². The molecular weight excluding hydrogens is 364 g/mol. The molecule has 0 unspecified atom stereocenters. The van der Waals surface area contributed by atoms with Crippen molar-refractivity contribution in [3.05, 3.63) is 44.0 Å². The zero-order chi connectivity index (χ0) is 17.6. The highest BCUT2D eigenvalue weighted by molar-refractivity contribution is 7.19. The zero-order valence-electron chi connectivity index (χ0n) is 13.2. The minimum atomic E-state index is -0.449. The minimum Gasteiger partial charge on any atom is -0.495 e. The highest BCUT2D eigenvalue weighted by atomic mass is 35.5. The van der Waals surface area contributed by atoms with Gasteiger partial charge in [0.2, 0.25) is 5.28 Å². The van der Waals surface area contributed by atoms with Crippen LogP contribution in [0.5, 0.6) is 5.75 Å². The van der Waals surface area contributed by atoms with E-state index in [9.17, 15) is 10.1 Å². The first kappa shape index (κ1) is 16.0. The lowest BCUT2D eigenvalue weighted by molar-refractivity contribution is -0.384. The molecule has 2 heterocycles. The van der Waals surface area contributed by atoms with Gasteiger partial charge in [0, 0.05) is 17.0 Å². The van der Waals surface area contributed by atoms with Gasteiger partial charge in [-0.05, 0) is 42.5 Å². The number of hydrogen-bond donors (Lipinski definition) is 1. The van der Waals surface area contributed by atoms with Crippen molar-refractivity contribution in [1.29, 1.82) is 0 Å². The summed E-state index contributed by atoms with van der Waals surface area (Å²) >= 11 is 7.70. The Balaban J connectivity index is 1.86. The number of nitro groups is 1. The number of benzene rings is 1. The Morgan fingerprint density at radius 3 is 2.96 bits per heavy atom. The predicted octanol–water partition coefficient (Wildman–Crippen LogP) is 4.49. The largest absolute Gasteiger partial charge is 0.495 e. The second kappa shape index (κ2) is 6.12. The molecule has 3 aromatic rings. The molecule has 0 saturated carbocycles. The zero-order valence-corrected chi connectivity index (χ0v) is 14.8. The summed E-state index contributed by atoms with van der Waals surface area (Å²) < 4.78 is 5.31. The van der Waals surface area contributed by atoms with Crippen LogP contribution in [0, 0.1) is 10.1 Å². The molecule has 0 radical (unpaired) electrons. The monoisotopic (exact) mass is 376 g/mol. The maximum absolute atomic E-state index is 11.1. The van der Waals surface area contributed by atoms with Gasteiger partial charge in [-0.15, -0.1) is 11.3 Å². The van der Waals surface area contributed by atoms with E-state index in [0.717, 1.165) is 29.5 Å². The van der Waals surface area contributed by atoms with Crippen LogP contribution in [0.3, 0.4) is 0 Å². The summed E-state index contributed by atoms with van der Waals surface area (Å²) in [5.41, 5.74) is 1.67. The van der Waals surface area contributed by atoms with Gasteiger partial charge in [-0.25, -0.2) is 4.98 Å². The van der Waals surface area contributed by atoms with Crippen molar-refractivity contribution in [3.8, 4) is 5.75 Å². The standard InChI is InChI=1S/C16H13ClN4O3S/c1-24-11-6-5-8(21(22)23)7-10(11)18-14-13-9-3-2-4-12(9)25-15(13)20-16(17)19-14/h5-7H,2-4H2,1H3,(H,18,19,20). The van der Waals surface area contributed by atoms with E-state index < -0.39 is 4.92 Å². The number of anilines is 2. The highest BCUT2D eigenvalue weighted by Gasteiger charge is 2.23. The SMILES string of the molecule is COc1ccc([N+](=O)[O-])cc1Nc1nc(Cl)nc2sc3c(c12)CCC3. The summed E-state index contributed by atoms with van der Waals surface area (Å²) in [5, 5.41) is 15.3. The number of hydrogen-bond acceptors (Lipinski definition) is 7. The molecule has 0 amide bonds. The van der Waals surface area contributed by atoms with Gasteiger partial charge in [0.15, 0.2) is 0 Å². The Hall–Kier alpha value is -2.45. The Labute approximate surface area is 151 Å². The number of methoxy groups -OCH3 is 1. The minimum absolute atomic E-state index is 0.0322. The van der Waals surface area contributed by atoms with E-state index in [1.165, 1.54) is 29.7 Å². The van der Waals surface area contributed by atoms with E-state index >= 15 is 0 Å². The van der Waals surface area contributed by atoms with Crippen LogP contribution in [0.15, 0.2) is 18.2 Å². The van der Waals surface area contributed by atoms with Gasteiger partial charge in [-0.2, -0.15) is 4.98 Å². The molecule has 0 bridgehead atoms. The lowest BCUT2D eigenvalue weighted by atomic mass is 10.2. The van der Waals surface area contributed by atoms with Crippen molar-refractivity contribution < 1.29 is 9.66 Å². The predicted molar refractivity (Wildman–Crippen MR) is 97.4 cm³/mol. The molecule has 1 aliphatic carbocycles. The fraction of sp³-hybridized carbons (Fsp3) is 0.250. The fourth-order valence-electron chi connectivity index (χ4n) is 3.10. The van der Waals surface area contributed by atoms with Crippen LogP contribution in [0.25, 0.3) is 10.2 Å². The number of rotatable bonds is 4. The van der Waals surface area contributed by atoms with Gasteiger partial charge in [0.1, 0.15) is 16.4 Å². The third-order valence-electron chi connectivity index (χ3n) is 4.18. The van der Waals surface area contributed by atoms with E-state index in [1.54, 1.807) is 17.4 Å². The third kappa shape index (κ3) is 2.77. The maximum atomic E-state index is 11.1. The number of thiophene rings is 1. The molecule has 0 fully saturated rings. The number of nitrogens with zero attached hydrogens (tertiary/aromatic N) is 3. The third-order valence-corrected chi connectivity index (χ3v) is 5.54. The number of non-ortho nitro benzene ring substituents is 1. The van der Waals surface area contributed by atoms with Crippen LogP contribution in [0.2, 0.25) is 5.28 Å². The molecule has 0 saturated heterocycles. The molecule has 0 spiro atoms. The summed E-state index contributed by atoms with van der Waals surface area (Å²) in [7, 11) is 1.51. The van der Waals surface area contributed by atoms with Gasteiger partial charge in [-0.1, -0.05) is 0 Å². The van der Waals surface area contributed by atoms with E-state index in [-0.39, 0.29) is 11.0 Å². The maximum Gasteiger partial charge on any atom is 0.271 e. The molecule has 7 nitrogen and oxygen atoms in total. The van der Waals surface area contributed by atoms with Crippen LogP contribution in [0.4, 0.5) is 17.2 Å². The molecule has 0 aliphatic heterocycles. The number of ether oxygens (including phenoxy) is 1. The summed E-state index contributed by atoms with van der Waals surface area (Å²) in [6, 6.07) is 4.38. The first-order valence-corrected chi connectivity index (χ1v) is 8.83. The van der Waals surface area contributed by atoms with Crippen LogP contribution in [-0.4, -0.2) is 22.0 Å². The molecule has 25 heavy (non-hydrogen) atoms. The number of nitrogens with one attached hydrogen (secondary N) is 1. The number of fused-ring (bicyclic) bond motifs is 3. The number of aromatic nitrogens is 2. The van der Waals surface area contributed by atoms with Gasteiger partial charge >= 0.3 is 0 Å². The second-order valence-electron chi connectivity index (χ2n) is 5.65. The van der Waals surface area contributed by atoms with Crippen LogP contribution >= 0.6 is 22.9 Å². The number of halogens is 1. The molecule has 0 atom stereocenters. The molecule has 1 aliphatic rings. The smallest absolute Gasteiger partial charge is 0.271 e. The summed E-state index contributed by atoms with van der Waals surface area (Å²) in [4.78, 5) is 21.4. The lowest BCUT2D eigenvalue weighted by Crippen LogP contribution is -2.00. The second-order valence-corrected chi connectivity index (χ2v) is 7.07. The summed E-state index contributed by atoms with van der Waals surface area (Å²) in [5.74, 6) is 1.04. The quantitative estimate of drug-likeness (QED) is 0.409. The van der Waals surface area contributed by atoms with Crippen molar-refractivity contribution in [2.75, 3.05) is 12.4 Å². The topological polar surface area (TPSA) is 90.2 Å². The van der Waals surface area contributed by atoms with E-state index in [0.29, 0.717) is 17.3 Å². The van der Waals surface area contributed by atoms with Crippen LogP contribution in [0.1, 0.15) is 16.9 Å². The molecule has 128 valence electrons. The van der Waals surface area contributed by atoms with E-state index in [4.69, 9.17) is 16.3 Å². The van der Waals surface area contributed by atoms with E-state index in [1.807, 2.05) is 0 Å². The highest BCUT2D eigenvalue weighted by Crippen LogP contribution is 2.41. The molecule has 2 aromatic heterocycles. The van der Waals surface area contributed by atoms with Crippen molar-refractivity contribution in [3.63, 3.8) is 0 Å². The Kier molecular flexibility index (Phi) is 3.93. The average Bonchev–Trinajstić information content (AvgIpc) is 3.14. The molecule has 9 heteroatoms. The fourth-order valence-corrected chi connectivity index (χ4v) is 4.58. The van der Waals surface area contributed by atoms with Gasteiger partial charge in [0.05, 0.1) is 23.1 Å². The Bertz CT molecular complexity index is 1000. The normalized spacial score (nSPS) is 13.0. The van der Waals surface area contributed by atoms with Crippen LogP contribution in [-0.2, 0) is 12.8 Å². The Morgan fingerprint density at radius 2 is 2.20 bits per heavy atom. The van der Waals surface area contributed by atoms with E-state index in [2.05, 4.69) is 15.3 Å². The number of nitro benzene ring substituents is 1. The first-order chi connectivity index (χ1) is 12.1. The lowest BCUT2D eigenvalue weighted by Gasteiger charge is -2.12. The molecule has 1 aromatic carbocycles. The molecular formula is C16H13ClN4O3S. The summed E-state index contributed by atoms with van der Waals surface area (Å²) in [6.45, 7) is 0. The van der Waals surface area contributed by atoms with Gasteiger partial charge in [0.25, 0.3) is 5.69 Å². The average molecular weight is 377 g/mol. The molecule has 4 rings (SSSR count). The van der Waals surface area contributed by atoms with Crippen molar-refractivity contribution >= 4 is 50.3 Å². The van der Waals surface area contributed by atoms with Crippen molar-refractivity contribution in [2.45, 2.75) is 19.3 Å². The van der Waals surface area contributed by atoms with Gasteiger partial charge in [-0.3, -0.25) is 10.1 Å². The van der Waals surface area contributed by atoms with Crippen molar-refractivity contribution in [2.24, 2.45) is 0 Å². The number of aryl methyl sites for hydroxylation is 2. The summed E-state index contributed by atoms with van der Waals surface area (Å²) in [6.07, 6.45) is 3.12. The molecule has 1 N–H and O–H groups in total. The van der Waals surface area contributed by atoms with Crippen LogP contribution < -0.4 is 10.1 Å². The first-order valence-electron chi connectivity index (χ1n) is 7.64. The van der Waals surface area contributed by atoms with Crippen molar-refractivity contribution in [1.82, 2.24) is 9.97 Å².